The van der Waals surface area contributed by atoms with Crippen LogP contribution in [0.15, 0.2) is 95.6 Å². The Hall–Kier alpha value is -4.15. The predicted molar refractivity (Wildman–Crippen MR) is 169 cm³/mol. The molecule has 1 amide bonds. The lowest BCUT2D eigenvalue weighted by Gasteiger charge is -2.51. The highest BCUT2D eigenvalue weighted by atomic mass is 32.2. The monoisotopic (exact) mass is 600 g/mol. The van der Waals surface area contributed by atoms with Crippen molar-refractivity contribution < 1.29 is 23.3 Å². The van der Waals surface area contributed by atoms with Crippen LogP contribution in [0.1, 0.15) is 35.9 Å². The van der Waals surface area contributed by atoms with E-state index in [0.717, 1.165) is 36.0 Å². The van der Waals surface area contributed by atoms with Gasteiger partial charge in [-0.2, -0.15) is 4.98 Å². The van der Waals surface area contributed by atoms with Crippen LogP contribution in [0.4, 0.5) is 5.69 Å². The Morgan fingerprint density at radius 2 is 1.95 bits per heavy atom. The number of hydrogen-bond donors (Lipinski definition) is 2. The zero-order chi connectivity index (χ0) is 30.2. The second-order valence-corrected chi connectivity index (χ2v) is 12.0. The molecule has 10 heteroatoms. The van der Waals surface area contributed by atoms with Gasteiger partial charge in [-0.15, -0.1) is 0 Å². The predicted octanol–water partition coefficient (Wildman–Crippen LogP) is 5.57. The molecule has 0 aliphatic carbocycles. The zero-order valence-corrected chi connectivity index (χ0v) is 25.4. The van der Waals surface area contributed by atoms with E-state index in [2.05, 4.69) is 26.8 Å². The summed E-state index contributed by atoms with van der Waals surface area (Å²) in [5.74, 6) is 0.992. The van der Waals surface area contributed by atoms with Crippen molar-refractivity contribution in [2.24, 2.45) is 5.92 Å². The van der Waals surface area contributed by atoms with Gasteiger partial charge in [-0.25, -0.2) is 0 Å². The van der Waals surface area contributed by atoms with Gasteiger partial charge in [0.05, 0.1) is 13.1 Å². The molecular weight excluding hydrogens is 562 g/mol. The minimum atomic E-state index is -0.681. The van der Waals surface area contributed by atoms with Gasteiger partial charge in [-0.3, -0.25) is 9.59 Å². The molecule has 0 spiro atoms. The molecule has 224 valence electrons. The molecule has 0 saturated carbocycles. The topological polar surface area (TPSA) is 106 Å². The number of nitrogens with zero attached hydrogens (tertiary/aromatic N) is 3. The van der Waals surface area contributed by atoms with Crippen LogP contribution in [-0.4, -0.2) is 64.5 Å². The Balaban J connectivity index is 1.27. The van der Waals surface area contributed by atoms with Crippen LogP contribution in [0.3, 0.4) is 0 Å². The molecule has 6 rings (SSSR count). The van der Waals surface area contributed by atoms with Gasteiger partial charge in [-0.1, -0.05) is 60.3 Å². The fourth-order valence-corrected chi connectivity index (χ4v) is 6.51. The number of carbonyl (C=O) groups excluding carboxylic acids is 2. The largest absolute Gasteiger partial charge is 0.455 e. The first-order chi connectivity index (χ1) is 20.9. The van der Waals surface area contributed by atoms with Crippen molar-refractivity contribution >= 4 is 29.5 Å². The Morgan fingerprint density at radius 1 is 1.16 bits per heavy atom. The first-order valence-corrected chi connectivity index (χ1v) is 15.4. The molecule has 2 unspecified atom stereocenters. The lowest BCUT2D eigenvalue weighted by atomic mass is 9.83. The molecule has 2 atom stereocenters. The highest BCUT2D eigenvalue weighted by Gasteiger charge is 2.48. The number of quaternary nitrogens is 1. The molecule has 1 aromatic heterocycles. The first-order valence-electron chi connectivity index (χ1n) is 14.6. The number of rotatable bonds is 12. The summed E-state index contributed by atoms with van der Waals surface area (Å²) < 4.78 is 15.8. The smallest absolute Gasteiger partial charge is 0.325 e. The van der Waals surface area contributed by atoms with Crippen molar-refractivity contribution in [1.29, 1.82) is 0 Å². The van der Waals surface area contributed by atoms with E-state index in [-0.39, 0.29) is 18.0 Å². The quantitative estimate of drug-likeness (QED) is 0.120. The van der Waals surface area contributed by atoms with Gasteiger partial charge < -0.3 is 23.8 Å². The Bertz CT molecular complexity index is 1490. The van der Waals surface area contributed by atoms with Gasteiger partial charge in [0.1, 0.15) is 18.3 Å². The Kier molecular flexibility index (Phi) is 9.79. The van der Waals surface area contributed by atoms with E-state index in [1.165, 1.54) is 11.9 Å². The van der Waals surface area contributed by atoms with E-state index in [9.17, 15) is 9.59 Å². The van der Waals surface area contributed by atoms with Crippen molar-refractivity contribution in [3.05, 3.63) is 102 Å². The summed E-state index contributed by atoms with van der Waals surface area (Å²) >= 11 is 1.22. The van der Waals surface area contributed by atoms with E-state index < -0.39 is 5.25 Å². The van der Waals surface area contributed by atoms with Crippen LogP contribution in [0.25, 0.3) is 11.5 Å². The van der Waals surface area contributed by atoms with E-state index in [4.69, 9.17) is 9.26 Å². The number of aromatic nitrogens is 2. The summed E-state index contributed by atoms with van der Waals surface area (Å²) in [6.07, 6.45) is 9.24. The number of benzene rings is 2. The zero-order valence-electron chi connectivity index (χ0n) is 24.6. The summed E-state index contributed by atoms with van der Waals surface area (Å²) in [7, 11) is 1.59. The van der Waals surface area contributed by atoms with Gasteiger partial charge in [-0.05, 0) is 54.8 Å². The highest BCUT2D eigenvalue weighted by Crippen LogP contribution is 2.38. The summed E-state index contributed by atoms with van der Waals surface area (Å²) in [6.45, 7) is 9.45. The number of carbonyl (C=O) groups is 2. The fraction of sp³-hybridized carbons (Fsp3) is 0.333. The Labute approximate surface area is 256 Å². The number of ether oxygens (including phenoxy) is 1. The fourth-order valence-electron chi connectivity index (χ4n) is 5.75. The van der Waals surface area contributed by atoms with Crippen LogP contribution in [-0.2, 0) is 16.1 Å². The third-order valence-electron chi connectivity index (χ3n) is 8.09. The maximum absolute atomic E-state index is 13.7. The summed E-state index contributed by atoms with van der Waals surface area (Å²) in [6, 6.07) is 16.9. The number of allylic oxidation sites excluding steroid dienone is 4. The molecule has 2 aromatic carbocycles. The maximum Gasteiger partial charge on any atom is 0.325 e. The minimum Gasteiger partial charge on any atom is -0.455 e. The SMILES string of the molecule is C=C(C=CC=CC)C(SNc1cccc(C(=O)NC)c1)C(=O)OC1C[N+]2(Cc3noc(-c4ccccc4)n3)CCC1CC2. The third kappa shape index (κ3) is 7.44. The van der Waals surface area contributed by atoms with Crippen molar-refractivity contribution in [2.75, 3.05) is 31.4 Å². The first kappa shape index (κ1) is 30.3. The molecule has 2 bridgehead atoms. The number of fused-ring (bicyclic) bond motifs is 3. The molecule has 3 fully saturated rings. The number of hydrogen-bond acceptors (Lipinski definition) is 8. The van der Waals surface area contributed by atoms with Crippen molar-refractivity contribution in [3.63, 3.8) is 0 Å². The maximum atomic E-state index is 13.7. The molecule has 3 aliphatic rings. The molecule has 9 nitrogen and oxygen atoms in total. The van der Waals surface area contributed by atoms with E-state index in [1.54, 1.807) is 25.2 Å². The average molecular weight is 601 g/mol. The summed E-state index contributed by atoms with van der Waals surface area (Å²) in [4.78, 5) is 30.5. The molecule has 3 saturated heterocycles. The molecule has 43 heavy (non-hydrogen) atoms. The lowest BCUT2D eigenvalue weighted by molar-refractivity contribution is -0.958. The van der Waals surface area contributed by atoms with Crippen LogP contribution in [0, 0.1) is 5.92 Å². The highest BCUT2D eigenvalue weighted by molar-refractivity contribution is 8.02. The lowest BCUT2D eigenvalue weighted by Crippen LogP contribution is -2.64. The number of nitrogens with one attached hydrogen (secondary N) is 2. The van der Waals surface area contributed by atoms with E-state index in [0.29, 0.717) is 47.5 Å². The third-order valence-corrected chi connectivity index (χ3v) is 9.17. The normalized spacial score (nSPS) is 22.0. The number of piperidine rings is 3. The summed E-state index contributed by atoms with van der Waals surface area (Å²) in [5, 5.41) is 6.23. The van der Waals surface area contributed by atoms with E-state index in [1.807, 2.05) is 67.6 Å². The summed E-state index contributed by atoms with van der Waals surface area (Å²) in [5.41, 5.74) is 2.74. The Morgan fingerprint density at radius 3 is 2.70 bits per heavy atom. The molecule has 4 heterocycles. The standard InChI is InChI=1S/C33H37N5O4S/c1-4-5-7-11-23(2)30(43-37-27-15-10-14-26(20-27)31(39)34-3)33(40)41-28-21-38(18-16-24(28)17-19-38)22-29-35-32(42-36-29)25-12-8-6-9-13-25/h4-15,20,24,28,30,37H,2,16-19,21-22H2,1,3H3/p+1. The van der Waals surface area contributed by atoms with Gasteiger partial charge in [0, 0.05) is 42.6 Å². The van der Waals surface area contributed by atoms with Crippen molar-refractivity contribution in [3.8, 4) is 11.5 Å². The number of amides is 1. The molecule has 0 radical (unpaired) electrons. The van der Waals surface area contributed by atoms with Crippen molar-refractivity contribution in [1.82, 2.24) is 15.5 Å². The number of esters is 1. The molecular formula is C33H38N5O4S+. The van der Waals surface area contributed by atoms with Gasteiger partial charge in [0.15, 0.2) is 6.10 Å². The van der Waals surface area contributed by atoms with Crippen molar-refractivity contribution in [2.45, 2.75) is 37.7 Å². The molecule has 2 N–H and O–H groups in total. The van der Waals surface area contributed by atoms with Gasteiger partial charge >= 0.3 is 5.97 Å². The van der Waals surface area contributed by atoms with Crippen LogP contribution < -0.4 is 10.0 Å². The minimum absolute atomic E-state index is 0.181. The molecule has 3 aromatic rings. The number of anilines is 1. The molecule has 3 aliphatic heterocycles. The second kappa shape index (κ2) is 13.9. The van der Waals surface area contributed by atoms with Crippen LogP contribution in [0.2, 0.25) is 0 Å². The van der Waals surface area contributed by atoms with Gasteiger partial charge in [0.2, 0.25) is 5.82 Å². The average Bonchev–Trinajstić information content (AvgIpc) is 3.50. The van der Waals surface area contributed by atoms with E-state index >= 15 is 0 Å². The van der Waals surface area contributed by atoms with Crippen LogP contribution >= 0.6 is 11.9 Å². The van der Waals surface area contributed by atoms with Gasteiger partial charge in [0.25, 0.3) is 11.8 Å². The van der Waals surface area contributed by atoms with Crippen LogP contribution in [0.5, 0.6) is 0 Å². The second-order valence-electron chi connectivity index (χ2n) is 11.0.